The minimum absolute atomic E-state index is 0.0410. The summed E-state index contributed by atoms with van der Waals surface area (Å²) in [5, 5.41) is 3.91. The minimum Gasteiger partial charge on any atom is -0.461 e. The highest BCUT2D eigenvalue weighted by molar-refractivity contribution is 5.98. The van der Waals surface area contributed by atoms with E-state index in [9.17, 15) is 4.79 Å². The number of hydrogen-bond donors (Lipinski definition) is 1. The van der Waals surface area contributed by atoms with E-state index in [-0.39, 0.29) is 11.9 Å². The lowest BCUT2D eigenvalue weighted by molar-refractivity contribution is 0.0895. The summed E-state index contributed by atoms with van der Waals surface area (Å²) in [6.07, 6.45) is 0.840. The number of aryl methyl sites for hydroxylation is 1. The van der Waals surface area contributed by atoms with Gasteiger partial charge >= 0.3 is 0 Å². The molecule has 1 N–H and O–H groups in total. The molecule has 4 heteroatoms. The highest BCUT2D eigenvalue weighted by Gasteiger charge is 2.13. The molecule has 0 radical (unpaired) electrons. The van der Waals surface area contributed by atoms with Gasteiger partial charge in [-0.25, -0.2) is 0 Å². The van der Waals surface area contributed by atoms with Gasteiger partial charge in [-0.05, 0) is 37.6 Å². The number of carbonyl (C=O) groups excluding carboxylic acids is 1. The van der Waals surface area contributed by atoms with Crippen molar-refractivity contribution in [2.45, 2.75) is 26.3 Å². The maximum absolute atomic E-state index is 12.1. The standard InChI is InChI=1S/C15H19NO3/c1-4-13(9-18-3)16-15(17)11-5-6-14-12(8-11)7-10(2)19-14/h5-8,13H,4,9H2,1-3H3,(H,16,17)/t13-/m0/s1. The molecule has 1 atom stereocenters. The molecule has 1 heterocycles. The number of carbonyl (C=O) groups is 1. The van der Waals surface area contributed by atoms with E-state index in [1.807, 2.05) is 32.0 Å². The predicted molar refractivity (Wildman–Crippen MR) is 74.4 cm³/mol. The molecule has 1 amide bonds. The average Bonchev–Trinajstić information content (AvgIpc) is 2.76. The molecule has 0 saturated heterocycles. The zero-order chi connectivity index (χ0) is 13.8. The first kappa shape index (κ1) is 13.6. The van der Waals surface area contributed by atoms with E-state index >= 15 is 0 Å². The molecule has 0 unspecified atom stereocenters. The molecule has 0 aliphatic rings. The van der Waals surface area contributed by atoms with Gasteiger partial charge in [-0.15, -0.1) is 0 Å². The molecule has 1 aromatic carbocycles. The minimum atomic E-state index is -0.0790. The van der Waals surface area contributed by atoms with E-state index in [1.165, 1.54) is 0 Å². The van der Waals surface area contributed by atoms with Crippen molar-refractivity contribution in [3.05, 3.63) is 35.6 Å². The van der Waals surface area contributed by atoms with Crippen molar-refractivity contribution in [3.63, 3.8) is 0 Å². The third-order valence-electron chi connectivity index (χ3n) is 3.10. The Bertz CT molecular complexity index is 574. The van der Waals surface area contributed by atoms with Crippen molar-refractivity contribution in [2.75, 3.05) is 13.7 Å². The quantitative estimate of drug-likeness (QED) is 0.900. The van der Waals surface area contributed by atoms with Crippen molar-refractivity contribution < 1.29 is 13.9 Å². The molecule has 0 saturated carbocycles. The maximum Gasteiger partial charge on any atom is 0.251 e. The number of nitrogens with one attached hydrogen (secondary N) is 1. The lowest BCUT2D eigenvalue weighted by Crippen LogP contribution is -2.37. The zero-order valence-corrected chi connectivity index (χ0v) is 11.5. The van der Waals surface area contributed by atoms with Crippen LogP contribution >= 0.6 is 0 Å². The number of fused-ring (bicyclic) bond motifs is 1. The largest absolute Gasteiger partial charge is 0.461 e. The fraction of sp³-hybridized carbons (Fsp3) is 0.400. The van der Waals surface area contributed by atoms with Crippen molar-refractivity contribution in [2.24, 2.45) is 0 Å². The van der Waals surface area contributed by atoms with Crippen molar-refractivity contribution >= 4 is 16.9 Å². The second-order valence-electron chi connectivity index (χ2n) is 4.64. The van der Waals surface area contributed by atoms with Crippen molar-refractivity contribution in [1.82, 2.24) is 5.32 Å². The third kappa shape index (κ3) is 3.15. The normalized spacial score (nSPS) is 12.6. The van der Waals surface area contributed by atoms with Gasteiger partial charge in [0.25, 0.3) is 5.91 Å². The molecular formula is C15H19NO3. The van der Waals surface area contributed by atoms with Gasteiger partial charge in [0.1, 0.15) is 11.3 Å². The molecular weight excluding hydrogens is 242 g/mol. The Kier molecular flexibility index (Phi) is 4.22. The summed E-state index contributed by atoms with van der Waals surface area (Å²) in [5.74, 6) is 0.767. The molecule has 2 aromatic rings. The first-order valence-corrected chi connectivity index (χ1v) is 6.44. The molecule has 2 rings (SSSR count). The van der Waals surface area contributed by atoms with Crippen LogP contribution in [0.4, 0.5) is 0 Å². The summed E-state index contributed by atoms with van der Waals surface area (Å²) in [7, 11) is 1.63. The maximum atomic E-state index is 12.1. The van der Waals surface area contributed by atoms with E-state index in [4.69, 9.17) is 9.15 Å². The number of hydrogen-bond acceptors (Lipinski definition) is 3. The molecule has 0 spiro atoms. The van der Waals surface area contributed by atoms with Crippen LogP contribution in [0.15, 0.2) is 28.7 Å². The first-order valence-electron chi connectivity index (χ1n) is 6.44. The highest BCUT2D eigenvalue weighted by Crippen LogP contribution is 2.20. The summed E-state index contributed by atoms with van der Waals surface area (Å²) >= 11 is 0. The van der Waals surface area contributed by atoms with Crippen LogP contribution < -0.4 is 5.32 Å². The Balaban J connectivity index is 2.16. The van der Waals surface area contributed by atoms with E-state index in [0.717, 1.165) is 23.2 Å². The smallest absolute Gasteiger partial charge is 0.251 e. The number of rotatable bonds is 5. The molecule has 1 aromatic heterocycles. The van der Waals surface area contributed by atoms with Crippen LogP contribution in [0.1, 0.15) is 29.5 Å². The SMILES string of the molecule is CC[C@@H](COC)NC(=O)c1ccc2oc(C)cc2c1. The number of ether oxygens (including phenoxy) is 1. The second kappa shape index (κ2) is 5.89. The summed E-state index contributed by atoms with van der Waals surface area (Å²) in [6.45, 7) is 4.44. The van der Waals surface area contributed by atoms with Crippen LogP contribution in [0.2, 0.25) is 0 Å². The number of furan rings is 1. The van der Waals surface area contributed by atoms with E-state index in [1.54, 1.807) is 13.2 Å². The van der Waals surface area contributed by atoms with Gasteiger partial charge in [0, 0.05) is 18.1 Å². The van der Waals surface area contributed by atoms with Gasteiger partial charge in [0.2, 0.25) is 0 Å². The van der Waals surface area contributed by atoms with E-state index in [0.29, 0.717) is 12.2 Å². The van der Waals surface area contributed by atoms with Gasteiger partial charge in [0.15, 0.2) is 0 Å². The van der Waals surface area contributed by atoms with Crippen molar-refractivity contribution in [3.8, 4) is 0 Å². The van der Waals surface area contributed by atoms with Gasteiger partial charge in [-0.1, -0.05) is 6.92 Å². The lowest BCUT2D eigenvalue weighted by atomic mass is 10.1. The fourth-order valence-electron chi connectivity index (χ4n) is 2.05. The zero-order valence-electron chi connectivity index (χ0n) is 11.5. The van der Waals surface area contributed by atoms with Crippen LogP contribution in [-0.2, 0) is 4.74 Å². The van der Waals surface area contributed by atoms with Crippen LogP contribution in [0, 0.1) is 6.92 Å². The lowest BCUT2D eigenvalue weighted by Gasteiger charge is -2.15. The molecule has 19 heavy (non-hydrogen) atoms. The number of methoxy groups -OCH3 is 1. The van der Waals surface area contributed by atoms with E-state index < -0.39 is 0 Å². The van der Waals surface area contributed by atoms with Gasteiger partial charge in [0.05, 0.1) is 12.6 Å². The first-order chi connectivity index (χ1) is 9.13. The van der Waals surface area contributed by atoms with Gasteiger partial charge < -0.3 is 14.5 Å². The Morgan fingerprint density at radius 3 is 2.89 bits per heavy atom. The van der Waals surface area contributed by atoms with Crippen LogP contribution in [0.5, 0.6) is 0 Å². The van der Waals surface area contributed by atoms with Crippen LogP contribution in [-0.4, -0.2) is 25.7 Å². The summed E-state index contributed by atoms with van der Waals surface area (Å²) in [6, 6.07) is 7.42. The summed E-state index contributed by atoms with van der Waals surface area (Å²) < 4.78 is 10.6. The fourth-order valence-corrected chi connectivity index (χ4v) is 2.05. The molecule has 0 fully saturated rings. The topological polar surface area (TPSA) is 51.5 Å². The molecule has 0 aliphatic heterocycles. The Hall–Kier alpha value is -1.81. The summed E-state index contributed by atoms with van der Waals surface area (Å²) in [4.78, 5) is 12.1. The Morgan fingerprint density at radius 1 is 1.42 bits per heavy atom. The average molecular weight is 261 g/mol. The Morgan fingerprint density at radius 2 is 2.21 bits per heavy atom. The van der Waals surface area contributed by atoms with Crippen LogP contribution in [0.3, 0.4) is 0 Å². The molecule has 0 aliphatic carbocycles. The monoisotopic (exact) mass is 261 g/mol. The van der Waals surface area contributed by atoms with E-state index in [2.05, 4.69) is 5.32 Å². The summed E-state index contributed by atoms with van der Waals surface area (Å²) in [5.41, 5.74) is 1.45. The van der Waals surface area contributed by atoms with Crippen LogP contribution in [0.25, 0.3) is 11.0 Å². The number of benzene rings is 1. The van der Waals surface area contributed by atoms with Crippen molar-refractivity contribution in [1.29, 1.82) is 0 Å². The third-order valence-corrected chi connectivity index (χ3v) is 3.10. The molecule has 4 nitrogen and oxygen atoms in total. The molecule has 102 valence electrons. The predicted octanol–water partition coefficient (Wildman–Crippen LogP) is 2.90. The Labute approximate surface area is 112 Å². The van der Waals surface area contributed by atoms with Gasteiger partial charge in [-0.2, -0.15) is 0 Å². The molecule has 0 bridgehead atoms. The van der Waals surface area contributed by atoms with Gasteiger partial charge in [-0.3, -0.25) is 4.79 Å². The second-order valence-corrected chi connectivity index (χ2v) is 4.64. The highest BCUT2D eigenvalue weighted by atomic mass is 16.5. The number of amides is 1.